The molecule has 15 aromatic carbocycles. The molecule has 20 aromatic rings. The molecule has 0 N–H and O–H groups in total. The van der Waals surface area contributed by atoms with Crippen LogP contribution in [0.3, 0.4) is 0 Å². The number of fused-ring (bicyclic) bond motifs is 15. The zero-order valence-electron chi connectivity index (χ0n) is 51.8. The zero-order valence-corrected chi connectivity index (χ0v) is 51.8. The van der Waals surface area contributed by atoms with E-state index in [0.29, 0.717) is 0 Å². The average molecular weight is 1210 g/mol. The molecular weight excluding hydrogens is 1150 g/mol. The van der Waals surface area contributed by atoms with Crippen LogP contribution in [-0.2, 0) is 0 Å². The zero-order chi connectivity index (χ0) is 62.5. The second kappa shape index (κ2) is 22.0. The predicted molar refractivity (Wildman–Crippen MR) is 401 cm³/mol. The summed E-state index contributed by atoms with van der Waals surface area (Å²) in [5.41, 5.74) is 25.2. The van der Waals surface area contributed by atoms with Crippen LogP contribution in [0.1, 0.15) is 0 Å². The number of rotatable bonds is 8. The molecular formula is C90H59N5. The molecule has 0 atom stereocenters. The molecule has 95 heavy (non-hydrogen) atoms. The second-order valence-corrected chi connectivity index (χ2v) is 24.8. The van der Waals surface area contributed by atoms with Gasteiger partial charge in [-0.25, -0.2) is 0 Å². The highest BCUT2D eigenvalue weighted by Crippen LogP contribution is 2.43. The fourth-order valence-corrected chi connectivity index (χ4v) is 15.3. The van der Waals surface area contributed by atoms with Gasteiger partial charge in [-0.05, 0) is 179 Å². The van der Waals surface area contributed by atoms with Gasteiger partial charge in [0.1, 0.15) is 0 Å². The van der Waals surface area contributed by atoms with Crippen molar-refractivity contribution in [1.82, 2.24) is 22.8 Å². The van der Waals surface area contributed by atoms with E-state index in [1.54, 1.807) is 0 Å². The lowest BCUT2D eigenvalue weighted by Gasteiger charge is -2.12. The third-order valence-electron chi connectivity index (χ3n) is 19.5. The molecule has 0 saturated carbocycles. The lowest BCUT2D eigenvalue weighted by molar-refractivity contribution is 1.17. The SMILES string of the molecule is c1cc(-c2cccc(-n3c4ccccc4c4ccccc43)c2)cc(-n2c3ccccc3c3ccccc32)c1.c1ccc(-n2c3ccccc3c3cc(-c4ccc5c(c4)c4cc(-c6ccc7c(c6)c6ccccc6n7-c6ccccc6)ccc4n5-c4ccccc4)ccc32)cc1. The Balaban J connectivity index is 0.000000146. The highest BCUT2D eigenvalue weighted by Gasteiger charge is 2.20. The summed E-state index contributed by atoms with van der Waals surface area (Å²) in [7, 11) is 0. The fourth-order valence-electron chi connectivity index (χ4n) is 15.3. The van der Waals surface area contributed by atoms with E-state index in [9.17, 15) is 0 Å². The Kier molecular flexibility index (Phi) is 12.5. The Hall–Kier alpha value is -12.7. The summed E-state index contributed by atoms with van der Waals surface area (Å²) in [6.45, 7) is 0. The van der Waals surface area contributed by atoms with Gasteiger partial charge < -0.3 is 22.8 Å². The van der Waals surface area contributed by atoms with Gasteiger partial charge in [-0.3, -0.25) is 0 Å². The van der Waals surface area contributed by atoms with Gasteiger partial charge in [-0.2, -0.15) is 0 Å². The van der Waals surface area contributed by atoms with Gasteiger partial charge in [-0.15, -0.1) is 0 Å². The van der Waals surface area contributed by atoms with Crippen molar-refractivity contribution >= 4 is 109 Å². The maximum absolute atomic E-state index is 2.41. The van der Waals surface area contributed by atoms with E-state index >= 15 is 0 Å². The number of nitrogens with zero attached hydrogens (tertiary/aromatic N) is 5. The first-order valence-corrected chi connectivity index (χ1v) is 32.6. The van der Waals surface area contributed by atoms with Crippen LogP contribution < -0.4 is 0 Å². The summed E-state index contributed by atoms with van der Waals surface area (Å²) < 4.78 is 11.9. The Morgan fingerprint density at radius 3 is 0.579 bits per heavy atom. The molecule has 0 radical (unpaired) electrons. The van der Waals surface area contributed by atoms with Crippen LogP contribution in [0, 0.1) is 0 Å². The van der Waals surface area contributed by atoms with E-state index in [-0.39, 0.29) is 0 Å². The molecule has 0 spiro atoms. The van der Waals surface area contributed by atoms with Crippen LogP contribution in [0.25, 0.3) is 171 Å². The minimum Gasteiger partial charge on any atom is -0.309 e. The average Bonchev–Trinajstić information content (AvgIpc) is 1.60. The molecule has 0 saturated heterocycles. The molecule has 5 heterocycles. The van der Waals surface area contributed by atoms with E-state index in [1.807, 2.05) is 0 Å². The molecule has 0 bridgehead atoms. The Morgan fingerprint density at radius 2 is 0.305 bits per heavy atom. The molecule has 444 valence electrons. The van der Waals surface area contributed by atoms with Gasteiger partial charge in [0, 0.05) is 82.3 Å². The maximum Gasteiger partial charge on any atom is 0.0541 e. The molecule has 5 heteroatoms. The minimum atomic E-state index is 1.16. The lowest BCUT2D eigenvalue weighted by atomic mass is 9.98. The van der Waals surface area contributed by atoms with Crippen molar-refractivity contribution in [3.8, 4) is 61.8 Å². The van der Waals surface area contributed by atoms with Crippen molar-refractivity contribution in [2.45, 2.75) is 0 Å². The third kappa shape index (κ3) is 8.78. The molecule has 0 aliphatic rings. The molecule has 0 unspecified atom stereocenters. The quantitative estimate of drug-likeness (QED) is 0.145. The van der Waals surface area contributed by atoms with Crippen molar-refractivity contribution in [2.24, 2.45) is 0 Å². The number of hydrogen-bond acceptors (Lipinski definition) is 0. The maximum atomic E-state index is 2.41. The van der Waals surface area contributed by atoms with Gasteiger partial charge in [0.25, 0.3) is 0 Å². The summed E-state index contributed by atoms with van der Waals surface area (Å²) in [4.78, 5) is 0. The molecule has 5 nitrogen and oxygen atoms in total. The molecule has 0 fully saturated rings. The van der Waals surface area contributed by atoms with Crippen LogP contribution in [0.2, 0.25) is 0 Å². The predicted octanol–water partition coefficient (Wildman–Crippen LogP) is 23.9. The fraction of sp³-hybridized carbons (Fsp3) is 0. The standard InChI is InChI=1S/C54H35N3.C36H24N2/c1-4-14-40(15-5-1)55-49-22-12-10-20-43(49)45-32-36(24-28-51(45)55)38-26-30-53-47(34-38)48-35-39(27-31-54(48)57(53)42-18-8-3-9-19-42)37-25-29-52-46(33-37)44-21-11-13-23-50(44)56(52)41-16-6-2-7-17-41;1-5-19-33-29(15-1)30-16-2-6-20-34(30)37(33)27-13-9-11-25(23-27)26-12-10-14-28(24-26)38-35-21-7-3-17-31(35)32-18-4-8-22-36(32)38/h1-35H;1-24H. The van der Waals surface area contributed by atoms with Gasteiger partial charge in [0.15, 0.2) is 0 Å². The number of aromatic nitrogens is 5. The van der Waals surface area contributed by atoms with E-state index < -0.39 is 0 Å². The smallest absolute Gasteiger partial charge is 0.0541 e. The van der Waals surface area contributed by atoms with E-state index in [2.05, 4.69) is 381 Å². The number of hydrogen-bond donors (Lipinski definition) is 0. The van der Waals surface area contributed by atoms with Crippen molar-refractivity contribution in [3.05, 3.63) is 358 Å². The van der Waals surface area contributed by atoms with Crippen molar-refractivity contribution in [3.63, 3.8) is 0 Å². The van der Waals surface area contributed by atoms with Gasteiger partial charge >= 0.3 is 0 Å². The molecule has 5 aromatic heterocycles. The Bertz CT molecular complexity index is 5920. The van der Waals surface area contributed by atoms with E-state index in [0.717, 1.165) is 5.69 Å². The summed E-state index contributed by atoms with van der Waals surface area (Å²) in [6, 6.07) is 130. The monoisotopic (exact) mass is 1210 g/mol. The second-order valence-electron chi connectivity index (χ2n) is 24.8. The third-order valence-corrected chi connectivity index (χ3v) is 19.5. The van der Waals surface area contributed by atoms with Crippen LogP contribution >= 0.6 is 0 Å². The Labute approximate surface area is 548 Å². The van der Waals surface area contributed by atoms with Gasteiger partial charge in [0.2, 0.25) is 0 Å². The summed E-state index contributed by atoms with van der Waals surface area (Å²) >= 11 is 0. The van der Waals surface area contributed by atoms with Crippen LogP contribution in [0.5, 0.6) is 0 Å². The first-order chi connectivity index (χ1) is 47.1. The summed E-state index contributed by atoms with van der Waals surface area (Å²) in [6.07, 6.45) is 0. The summed E-state index contributed by atoms with van der Waals surface area (Å²) in [5.74, 6) is 0. The van der Waals surface area contributed by atoms with E-state index in [4.69, 9.17) is 0 Å². The molecule has 0 amide bonds. The molecule has 0 aliphatic heterocycles. The highest BCUT2D eigenvalue weighted by atomic mass is 15.0. The number of para-hydroxylation sites is 9. The van der Waals surface area contributed by atoms with Gasteiger partial charge in [-0.1, -0.05) is 212 Å². The largest absolute Gasteiger partial charge is 0.309 e. The molecule has 20 rings (SSSR count). The first kappa shape index (κ1) is 54.1. The minimum absolute atomic E-state index is 1.16. The van der Waals surface area contributed by atoms with Crippen molar-refractivity contribution in [1.29, 1.82) is 0 Å². The van der Waals surface area contributed by atoms with E-state index in [1.165, 1.54) is 165 Å². The van der Waals surface area contributed by atoms with Crippen molar-refractivity contribution in [2.75, 3.05) is 0 Å². The summed E-state index contributed by atoms with van der Waals surface area (Å²) in [5, 5.41) is 12.6. The highest BCUT2D eigenvalue weighted by molar-refractivity contribution is 6.16. The normalized spacial score (nSPS) is 11.8. The molecule has 0 aliphatic carbocycles. The Morgan fingerprint density at radius 1 is 0.116 bits per heavy atom. The number of benzene rings is 15. The topological polar surface area (TPSA) is 24.6 Å². The lowest BCUT2D eigenvalue weighted by Crippen LogP contribution is -1.95. The van der Waals surface area contributed by atoms with Crippen LogP contribution in [0.4, 0.5) is 0 Å². The first-order valence-electron chi connectivity index (χ1n) is 32.6. The van der Waals surface area contributed by atoms with Gasteiger partial charge in [0.05, 0.1) is 55.2 Å². The van der Waals surface area contributed by atoms with Crippen LogP contribution in [0.15, 0.2) is 358 Å². The van der Waals surface area contributed by atoms with Crippen LogP contribution in [-0.4, -0.2) is 22.8 Å². The van der Waals surface area contributed by atoms with Crippen molar-refractivity contribution < 1.29 is 0 Å².